The second-order valence-corrected chi connectivity index (χ2v) is 7.68. The van der Waals surface area contributed by atoms with Gasteiger partial charge in [0.25, 0.3) is 0 Å². The van der Waals surface area contributed by atoms with Crippen LogP contribution in [0, 0.1) is 5.92 Å². The number of hydrogen-bond donors (Lipinski definition) is 2. The zero-order valence-electron chi connectivity index (χ0n) is 15.9. The number of nitrogens with one attached hydrogen (secondary N) is 2. The number of carbonyl (C=O) groups excluding carboxylic acids is 3. The molecule has 2 aliphatic rings. The fourth-order valence-corrected chi connectivity index (χ4v) is 4.01. The normalized spacial score (nSPS) is 23.4. The maximum absolute atomic E-state index is 12.6. The van der Waals surface area contributed by atoms with Gasteiger partial charge in [0.05, 0.1) is 5.92 Å². The molecule has 2 N–H and O–H groups in total. The van der Waals surface area contributed by atoms with Crippen molar-refractivity contribution in [1.82, 2.24) is 15.5 Å². The summed E-state index contributed by atoms with van der Waals surface area (Å²) in [5, 5.41) is 5.90. The zero-order chi connectivity index (χ0) is 19.2. The number of carbonyl (C=O) groups is 3. The lowest BCUT2D eigenvalue weighted by Gasteiger charge is -2.39. The van der Waals surface area contributed by atoms with Gasteiger partial charge in [-0.3, -0.25) is 14.5 Å². The summed E-state index contributed by atoms with van der Waals surface area (Å²) >= 11 is 0. The lowest BCUT2D eigenvalue weighted by Crippen LogP contribution is -2.61. The molecule has 6 heteroatoms. The van der Waals surface area contributed by atoms with Gasteiger partial charge < -0.3 is 10.6 Å². The fourth-order valence-electron chi connectivity index (χ4n) is 4.01. The Morgan fingerprint density at radius 2 is 1.96 bits per heavy atom. The van der Waals surface area contributed by atoms with E-state index in [1.807, 2.05) is 25.1 Å². The van der Waals surface area contributed by atoms with E-state index < -0.39 is 0 Å². The summed E-state index contributed by atoms with van der Waals surface area (Å²) in [5.41, 5.74) is 1.25. The molecular formula is C21H29N3O3. The van der Waals surface area contributed by atoms with E-state index in [1.54, 1.807) is 0 Å². The predicted molar refractivity (Wildman–Crippen MR) is 103 cm³/mol. The molecule has 1 aromatic rings. The standard InChI is InChI=1S/C21H29N3O3/c1-15(11-12-16-7-3-2-4-8-16)22-19(25)13-14-24-20(26)17-9-5-6-10-18(17)23-21(24)27/h2-4,7-8,15,17-18H,5-6,9-14H2,1H3,(H,22,25)(H,23,27). The first-order chi connectivity index (χ1) is 13.0. The monoisotopic (exact) mass is 371 g/mol. The maximum atomic E-state index is 12.6. The first kappa shape index (κ1) is 19.4. The van der Waals surface area contributed by atoms with Gasteiger partial charge in [0.1, 0.15) is 0 Å². The van der Waals surface area contributed by atoms with Crippen LogP contribution in [0.1, 0.15) is 51.0 Å². The highest BCUT2D eigenvalue weighted by molar-refractivity contribution is 5.99. The summed E-state index contributed by atoms with van der Waals surface area (Å²) in [7, 11) is 0. The quantitative estimate of drug-likeness (QED) is 0.773. The third kappa shape index (κ3) is 5.08. The first-order valence-electron chi connectivity index (χ1n) is 10.00. The van der Waals surface area contributed by atoms with Crippen molar-refractivity contribution in [3.8, 4) is 0 Å². The summed E-state index contributed by atoms with van der Waals surface area (Å²) in [6, 6.07) is 9.83. The van der Waals surface area contributed by atoms with E-state index in [2.05, 4.69) is 22.8 Å². The van der Waals surface area contributed by atoms with Crippen molar-refractivity contribution in [2.45, 2.75) is 64.0 Å². The lowest BCUT2D eigenvalue weighted by molar-refractivity contribution is -0.136. The minimum Gasteiger partial charge on any atom is -0.354 e. The molecule has 2 fully saturated rings. The Hall–Kier alpha value is -2.37. The molecule has 4 amide bonds. The summed E-state index contributed by atoms with van der Waals surface area (Å²) in [4.78, 5) is 38.3. The summed E-state index contributed by atoms with van der Waals surface area (Å²) in [6.07, 6.45) is 5.67. The van der Waals surface area contributed by atoms with Gasteiger partial charge in [0.2, 0.25) is 11.8 Å². The van der Waals surface area contributed by atoms with Gasteiger partial charge in [-0.15, -0.1) is 0 Å². The van der Waals surface area contributed by atoms with Crippen LogP contribution in [0.4, 0.5) is 4.79 Å². The molecule has 0 radical (unpaired) electrons. The average Bonchev–Trinajstić information content (AvgIpc) is 2.67. The predicted octanol–water partition coefficient (Wildman–Crippen LogP) is 2.62. The Morgan fingerprint density at radius 1 is 1.22 bits per heavy atom. The van der Waals surface area contributed by atoms with Crippen molar-refractivity contribution in [2.24, 2.45) is 5.92 Å². The molecule has 27 heavy (non-hydrogen) atoms. The summed E-state index contributed by atoms with van der Waals surface area (Å²) < 4.78 is 0. The topological polar surface area (TPSA) is 78.5 Å². The van der Waals surface area contributed by atoms with E-state index in [1.165, 1.54) is 10.5 Å². The minimum atomic E-state index is -0.354. The van der Waals surface area contributed by atoms with E-state index in [9.17, 15) is 14.4 Å². The molecule has 146 valence electrons. The smallest absolute Gasteiger partial charge is 0.324 e. The molecule has 0 aromatic heterocycles. The molecule has 3 rings (SSSR count). The Bertz CT molecular complexity index is 677. The number of aryl methyl sites for hydroxylation is 1. The number of hydrogen-bond acceptors (Lipinski definition) is 3. The van der Waals surface area contributed by atoms with Gasteiger partial charge in [-0.1, -0.05) is 43.2 Å². The van der Waals surface area contributed by atoms with Crippen molar-refractivity contribution in [2.75, 3.05) is 6.54 Å². The highest BCUT2D eigenvalue weighted by Crippen LogP contribution is 2.29. The maximum Gasteiger partial charge on any atom is 0.324 e. The van der Waals surface area contributed by atoms with Crippen molar-refractivity contribution >= 4 is 17.8 Å². The number of fused-ring (bicyclic) bond motifs is 1. The van der Waals surface area contributed by atoms with Gasteiger partial charge in [0, 0.05) is 25.0 Å². The zero-order valence-corrected chi connectivity index (χ0v) is 15.9. The van der Waals surface area contributed by atoms with Crippen LogP contribution >= 0.6 is 0 Å². The van der Waals surface area contributed by atoms with Crippen molar-refractivity contribution in [3.63, 3.8) is 0 Å². The summed E-state index contributed by atoms with van der Waals surface area (Å²) in [5.74, 6) is -0.361. The number of imide groups is 1. The highest BCUT2D eigenvalue weighted by atomic mass is 16.2. The Kier molecular flexibility index (Phi) is 6.48. The van der Waals surface area contributed by atoms with Gasteiger partial charge in [0.15, 0.2) is 0 Å². The van der Waals surface area contributed by atoms with Crippen LogP contribution in [-0.2, 0) is 16.0 Å². The van der Waals surface area contributed by atoms with Crippen LogP contribution in [0.25, 0.3) is 0 Å². The van der Waals surface area contributed by atoms with E-state index in [0.29, 0.717) is 0 Å². The van der Waals surface area contributed by atoms with Crippen molar-refractivity contribution in [1.29, 1.82) is 0 Å². The van der Waals surface area contributed by atoms with Crippen LogP contribution in [0.15, 0.2) is 30.3 Å². The largest absolute Gasteiger partial charge is 0.354 e. The van der Waals surface area contributed by atoms with Gasteiger partial charge in [-0.25, -0.2) is 4.79 Å². The van der Waals surface area contributed by atoms with Gasteiger partial charge in [-0.2, -0.15) is 0 Å². The van der Waals surface area contributed by atoms with Crippen LogP contribution in [0.5, 0.6) is 0 Å². The number of rotatable bonds is 7. The number of amides is 4. The van der Waals surface area contributed by atoms with Crippen molar-refractivity contribution < 1.29 is 14.4 Å². The highest BCUT2D eigenvalue weighted by Gasteiger charge is 2.41. The second kappa shape index (κ2) is 9.02. The van der Waals surface area contributed by atoms with E-state index in [4.69, 9.17) is 0 Å². The average molecular weight is 371 g/mol. The lowest BCUT2D eigenvalue weighted by atomic mass is 9.82. The Labute approximate surface area is 160 Å². The van der Waals surface area contributed by atoms with Crippen LogP contribution < -0.4 is 10.6 Å². The SMILES string of the molecule is CC(CCc1ccccc1)NC(=O)CCN1C(=O)NC2CCCCC2C1=O. The minimum absolute atomic E-state index is 0.0261. The number of benzene rings is 1. The van der Waals surface area contributed by atoms with E-state index in [0.717, 1.165) is 38.5 Å². The van der Waals surface area contributed by atoms with Gasteiger partial charge in [-0.05, 0) is 38.2 Å². The van der Waals surface area contributed by atoms with Crippen LogP contribution in [0.2, 0.25) is 0 Å². The number of urea groups is 1. The third-order valence-corrected chi connectivity index (χ3v) is 5.58. The number of nitrogens with zero attached hydrogens (tertiary/aromatic N) is 1. The molecule has 1 aliphatic heterocycles. The molecule has 1 aliphatic carbocycles. The molecule has 0 bridgehead atoms. The van der Waals surface area contributed by atoms with Crippen LogP contribution in [-0.4, -0.2) is 41.4 Å². The molecule has 3 atom stereocenters. The second-order valence-electron chi connectivity index (χ2n) is 7.68. The first-order valence-corrected chi connectivity index (χ1v) is 10.00. The molecule has 1 heterocycles. The molecule has 6 nitrogen and oxygen atoms in total. The van der Waals surface area contributed by atoms with Gasteiger partial charge >= 0.3 is 6.03 Å². The third-order valence-electron chi connectivity index (χ3n) is 5.58. The molecule has 3 unspecified atom stereocenters. The molecule has 0 spiro atoms. The van der Waals surface area contributed by atoms with E-state index >= 15 is 0 Å². The fraction of sp³-hybridized carbons (Fsp3) is 0.571. The molecule has 1 aromatic carbocycles. The molecule has 1 saturated carbocycles. The Morgan fingerprint density at radius 3 is 2.74 bits per heavy atom. The molecular weight excluding hydrogens is 342 g/mol. The summed E-state index contributed by atoms with van der Waals surface area (Å²) in [6.45, 7) is 2.12. The Balaban J connectivity index is 1.42. The van der Waals surface area contributed by atoms with Crippen molar-refractivity contribution in [3.05, 3.63) is 35.9 Å². The van der Waals surface area contributed by atoms with E-state index in [-0.39, 0.29) is 48.8 Å². The molecule has 1 saturated heterocycles. The van der Waals surface area contributed by atoms with Crippen LogP contribution in [0.3, 0.4) is 0 Å².